The molecule has 3 rings (SSSR count). The van der Waals surface area contributed by atoms with Crippen molar-refractivity contribution in [1.82, 2.24) is 9.97 Å². The molecule has 0 saturated heterocycles. The Labute approximate surface area is 122 Å². The molecule has 3 aromatic rings. The van der Waals surface area contributed by atoms with Crippen molar-refractivity contribution in [1.29, 1.82) is 5.41 Å². The average molecular weight is 281 g/mol. The molecule has 5 heteroatoms. The molecule has 0 saturated carbocycles. The lowest BCUT2D eigenvalue weighted by atomic mass is 10.2. The van der Waals surface area contributed by atoms with E-state index in [1.165, 1.54) is 0 Å². The van der Waals surface area contributed by atoms with E-state index < -0.39 is 0 Å². The fourth-order valence-electron chi connectivity index (χ4n) is 2.02. The summed E-state index contributed by atoms with van der Waals surface area (Å²) in [6, 6.07) is 12.8. The fourth-order valence-corrected chi connectivity index (χ4v) is 2.02. The van der Waals surface area contributed by atoms with E-state index in [1.54, 1.807) is 12.1 Å². The number of ether oxygens (including phenoxy) is 2. The number of hydrogen-bond donors (Lipinski definition) is 2. The minimum Gasteiger partial charge on any atom is -0.478 e. The maximum atomic E-state index is 7.80. The van der Waals surface area contributed by atoms with E-state index in [1.807, 2.05) is 43.5 Å². The normalized spacial score (nSPS) is 10.5. The Morgan fingerprint density at radius 2 is 2.14 bits per heavy atom. The lowest BCUT2D eigenvalue weighted by Gasteiger charge is -2.08. The van der Waals surface area contributed by atoms with Crippen LogP contribution in [0.2, 0.25) is 0 Å². The van der Waals surface area contributed by atoms with E-state index in [0.717, 1.165) is 11.0 Å². The standard InChI is InChI=1S/C16H15N3O2/c1-2-20-16(17)11-4-3-5-12(10-11)21-15-7-6-13-14(19-15)8-9-18-13/h3-10,17-18H,2H2,1H3. The summed E-state index contributed by atoms with van der Waals surface area (Å²) < 4.78 is 10.9. The van der Waals surface area contributed by atoms with Crippen LogP contribution in [-0.4, -0.2) is 22.5 Å². The van der Waals surface area contributed by atoms with Gasteiger partial charge in [0.15, 0.2) is 0 Å². The van der Waals surface area contributed by atoms with Gasteiger partial charge in [0.25, 0.3) is 0 Å². The number of rotatable bonds is 4. The molecule has 2 aromatic heterocycles. The van der Waals surface area contributed by atoms with E-state index in [9.17, 15) is 0 Å². The van der Waals surface area contributed by atoms with Crippen LogP contribution in [0.4, 0.5) is 0 Å². The Bertz CT molecular complexity index is 780. The van der Waals surface area contributed by atoms with Gasteiger partial charge in [0.1, 0.15) is 5.75 Å². The minimum absolute atomic E-state index is 0.136. The maximum Gasteiger partial charge on any atom is 0.219 e. The van der Waals surface area contributed by atoms with Crippen molar-refractivity contribution >= 4 is 16.9 Å². The van der Waals surface area contributed by atoms with Gasteiger partial charge in [0, 0.05) is 17.8 Å². The molecule has 2 heterocycles. The first-order chi connectivity index (χ1) is 10.3. The molecule has 0 unspecified atom stereocenters. The summed E-state index contributed by atoms with van der Waals surface area (Å²) in [5.74, 6) is 1.28. The Hall–Kier alpha value is -2.82. The number of nitrogens with zero attached hydrogens (tertiary/aromatic N) is 1. The van der Waals surface area contributed by atoms with Crippen molar-refractivity contribution in [2.24, 2.45) is 0 Å². The van der Waals surface area contributed by atoms with Crippen LogP contribution in [0, 0.1) is 5.41 Å². The predicted molar refractivity (Wildman–Crippen MR) is 81.1 cm³/mol. The summed E-state index contributed by atoms with van der Waals surface area (Å²) in [6.07, 6.45) is 1.84. The Kier molecular flexibility index (Phi) is 3.55. The Balaban J connectivity index is 1.83. The molecule has 21 heavy (non-hydrogen) atoms. The van der Waals surface area contributed by atoms with E-state index in [2.05, 4.69) is 9.97 Å². The van der Waals surface area contributed by atoms with E-state index in [0.29, 0.717) is 23.8 Å². The minimum atomic E-state index is 0.136. The molecule has 0 spiro atoms. The maximum absolute atomic E-state index is 7.80. The van der Waals surface area contributed by atoms with Crippen LogP contribution in [0.25, 0.3) is 11.0 Å². The first-order valence-corrected chi connectivity index (χ1v) is 6.70. The number of hydrogen-bond acceptors (Lipinski definition) is 4. The van der Waals surface area contributed by atoms with Gasteiger partial charge in [0.2, 0.25) is 11.8 Å². The van der Waals surface area contributed by atoms with Gasteiger partial charge in [-0.2, -0.15) is 0 Å². The first-order valence-electron chi connectivity index (χ1n) is 6.70. The highest BCUT2D eigenvalue weighted by Gasteiger charge is 2.06. The molecule has 0 amide bonds. The number of H-pyrrole nitrogens is 1. The smallest absolute Gasteiger partial charge is 0.219 e. The van der Waals surface area contributed by atoms with Crippen LogP contribution in [0.15, 0.2) is 48.7 Å². The van der Waals surface area contributed by atoms with Gasteiger partial charge >= 0.3 is 0 Å². The van der Waals surface area contributed by atoms with Gasteiger partial charge in [-0.1, -0.05) is 6.07 Å². The summed E-state index contributed by atoms with van der Waals surface area (Å²) in [7, 11) is 0. The zero-order valence-electron chi connectivity index (χ0n) is 11.6. The molecule has 0 fully saturated rings. The first kappa shape index (κ1) is 13.2. The van der Waals surface area contributed by atoms with Crippen molar-refractivity contribution in [3.8, 4) is 11.6 Å². The third kappa shape index (κ3) is 2.86. The Morgan fingerprint density at radius 1 is 1.24 bits per heavy atom. The highest BCUT2D eigenvalue weighted by molar-refractivity contribution is 5.92. The van der Waals surface area contributed by atoms with Crippen molar-refractivity contribution in [3.63, 3.8) is 0 Å². The van der Waals surface area contributed by atoms with Gasteiger partial charge < -0.3 is 14.5 Å². The summed E-state index contributed by atoms with van der Waals surface area (Å²) in [5, 5.41) is 7.80. The molecule has 2 N–H and O–H groups in total. The zero-order chi connectivity index (χ0) is 14.7. The molecule has 5 nitrogen and oxygen atoms in total. The number of benzene rings is 1. The van der Waals surface area contributed by atoms with E-state index in [-0.39, 0.29) is 5.90 Å². The molecular formula is C16H15N3O2. The summed E-state index contributed by atoms with van der Waals surface area (Å²) >= 11 is 0. The predicted octanol–water partition coefficient (Wildman–Crippen LogP) is 3.72. The molecule has 0 atom stereocenters. The van der Waals surface area contributed by atoms with Crippen molar-refractivity contribution in [2.75, 3.05) is 6.61 Å². The number of pyridine rings is 1. The summed E-state index contributed by atoms with van der Waals surface area (Å²) in [4.78, 5) is 7.49. The van der Waals surface area contributed by atoms with Crippen LogP contribution in [0.5, 0.6) is 11.6 Å². The van der Waals surface area contributed by atoms with Crippen molar-refractivity contribution < 1.29 is 9.47 Å². The second kappa shape index (κ2) is 5.66. The zero-order valence-corrected chi connectivity index (χ0v) is 11.6. The lowest BCUT2D eigenvalue weighted by molar-refractivity contribution is 0.325. The van der Waals surface area contributed by atoms with Gasteiger partial charge in [0.05, 0.1) is 17.6 Å². The molecule has 106 valence electrons. The van der Waals surface area contributed by atoms with E-state index in [4.69, 9.17) is 14.9 Å². The number of aromatic nitrogens is 2. The number of nitrogens with one attached hydrogen (secondary N) is 2. The second-order valence-electron chi connectivity index (χ2n) is 4.45. The van der Waals surface area contributed by atoms with Crippen LogP contribution < -0.4 is 4.74 Å². The molecule has 0 bridgehead atoms. The molecule has 0 aliphatic carbocycles. The summed E-state index contributed by atoms with van der Waals surface area (Å²) in [6.45, 7) is 2.32. The third-order valence-electron chi connectivity index (χ3n) is 2.99. The molecule has 1 aromatic carbocycles. The van der Waals surface area contributed by atoms with Crippen molar-refractivity contribution in [3.05, 3.63) is 54.2 Å². The highest BCUT2D eigenvalue weighted by atomic mass is 16.5. The largest absolute Gasteiger partial charge is 0.478 e. The lowest BCUT2D eigenvalue weighted by Crippen LogP contribution is -2.04. The van der Waals surface area contributed by atoms with Crippen LogP contribution >= 0.6 is 0 Å². The highest BCUT2D eigenvalue weighted by Crippen LogP contribution is 2.23. The van der Waals surface area contributed by atoms with Gasteiger partial charge in [-0.05, 0) is 37.3 Å². The van der Waals surface area contributed by atoms with Crippen LogP contribution in [0.1, 0.15) is 12.5 Å². The SMILES string of the molecule is CCOC(=N)c1cccc(Oc2ccc3[nH]ccc3n2)c1. The topological polar surface area (TPSA) is 71.0 Å². The monoisotopic (exact) mass is 281 g/mol. The van der Waals surface area contributed by atoms with Gasteiger partial charge in [-0.3, -0.25) is 5.41 Å². The Morgan fingerprint density at radius 3 is 3.00 bits per heavy atom. The molecule has 0 radical (unpaired) electrons. The third-order valence-corrected chi connectivity index (χ3v) is 2.99. The quantitative estimate of drug-likeness (QED) is 0.565. The fraction of sp³-hybridized carbons (Fsp3) is 0.125. The number of aromatic amines is 1. The van der Waals surface area contributed by atoms with E-state index >= 15 is 0 Å². The average Bonchev–Trinajstić information content (AvgIpc) is 2.95. The van der Waals surface area contributed by atoms with Gasteiger partial charge in [-0.15, -0.1) is 0 Å². The van der Waals surface area contributed by atoms with Crippen LogP contribution in [0.3, 0.4) is 0 Å². The van der Waals surface area contributed by atoms with Gasteiger partial charge in [-0.25, -0.2) is 4.98 Å². The molecule has 0 aliphatic heterocycles. The van der Waals surface area contributed by atoms with Crippen LogP contribution in [-0.2, 0) is 4.74 Å². The summed E-state index contributed by atoms with van der Waals surface area (Å²) in [5.41, 5.74) is 2.50. The van der Waals surface area contributed by atoms with Crippen molar-refractivity contribution in [2.45, 2.75) is 6.92 Å². The molecular weight excluding hydrogens is 266 g/mol. The molecule has 0 aliphatic rings. The number of fused-ring (bicyclic) bond motifs is 1. The second-order valence-corrected chi connectivity index (χ2v) is 4.45.